The Morgan fingerprint density at radius 2 is 1.82 bits per heavy atom. The molecule has 1 rings (SSSR count). The molecule has 0 saturated heterocycles. The predicted octanol–water partition coefficient (Wildman–Crippen LogP) is 3.84. The molecule has 17 heavy (non-hydrogen) atoms. The summed E-state index contributed by atoms with van der Waals surface area (Å²) >= 11 is 0. The van der Waals surface area contributed by atoms with Gasteiger partial charge in [0, 0.05) is 17.3 Å². The number of allylic oxidation sites excluding steroid dienone is 1. The fourth-order valence-corrected chi connectivity index (χ4v) is 1.29. The Kier molecular flexibility index (Phi) is 4.11. The number of anilines is 1. The average molecular weight is 231 g/mol. The van der Waals surface area contributed by atoms with E-state index in [4.69, 9.17) is 0 Å². The van der Waals surface area contributed by atoms with E-state index in [0.717, 1.165) is 5.69 Å². The molecule has 0 aliphatic heterocycles. The summed E-state index contributed by atoms with van der Waals surface area (Å²) < 4.78 is 0. The molecule has 0 aromatic heterocycles. The molecule has 2 heteroatoms. The lowest BCUT2D eigenvalue weighted by Crippen LogP contribution is -2.17. The number of carbonyl (C=O) groups is 1. The molecule has 0 unspecified atom stereocenters. The highest BCUT2D eigenvalue weighted by Crippen LogP contribution is 2.16. The molecule has 92 valence electrons. The first-order valence-corrected chi connectivity index (χ1v) is 5.85. The molecule has 1 N–H and O–H groups in total. The molecule has 2 nitrogen and oxygen atoms in total. The van der Waals surface area contributed by atoms with E-state index in [1.807, 2.05) is 26.8 Å². The van der Waals surface area contributed by atoms with Gasteiger partial charge in [0.05, 0.1) is 0 Å². The van der Waals surface area contributed by atoms with Gasteiger partial charge in [-0.1, -0.05) is 26.8 Å². The number of hydrogen-bond acceptors (Lipinski definition) is 2. The van der Waals surface area contributed by atoms with Gasteiger partial charge in [0.1, 0.15) is 0 Å². The van der Waals surface area contributed by atoms with E-state index in [0.29, 0.717) is 0 Å². The number of aryl methyl sites for hydroxylation is 2. The van der Waals surface area contributed by atoms with Crippen molar-refractivity contribution in [2.45, 2.75) is 34.6 Å². The third kappa shape index (κ3) is 4.06. The Morgan fingerprint density at radius 3 is 2.35 bits per heavy atom. The van der Waals surface area contributed by atoms with Crippen molar-refractivity contribution < 1.29 is 4.79 Å². The molecule has 1 aromatic carbocycles. The Labute approximate surface area is 104 Å². The molecule has 0 bridgehead atoms. The summed E-state index contributed by atoms with van der Waals surface area (Å²) in [5.41, 5.74) is 3.20. The molecule has 0 radical (unpaired) electrons. The zero-order valence-electron chi connectivity index (χ0n) is 11.3. The molecule has 0 aliphatic rings. The minimum atomic E-state index is -0.318. The van der Waals surface area contributed by atoms with Crippen molar-refractivity contribution in [3.8, 4) is 0 Å². The van der Waals surface area contributed by atoms with Crippen LogP contribution in [0.3, 0.4) is 0 Å². The van der Waals surface area contributed by atoms with Crippen LogP contribution in [0, 0.1) is 19.3 Å². The van der Waals surface area contributed by atoms with Gasteiger partial charge in [0.2, 0.25) is 0 Å². The van der Waals surface area contributed by atoms with Crippen molar-refractivity contribution in [3.63, 3.8) is 0 Å². The lowest BCUT2D eigenvalue weighted by atomic mass is 9.91. The molecule has 0 amide bonds. The zero-order valence-corrected chi connectivity index (χ0v) is 11.3. The molecule has 0 heterocycles. The van der Waals surface area contributed by atoms with E-state index in [2.05, 4.69) is 31.3 Å². The fourth-order valence-electron chi connectivity index (χ4n) is 1.29. The average Bonchev–Trinajstić information content (AvgIpc) is 2.22. The Bertz CT molecular complexity index is 439. The van der Waals surface area contributed by atoms with Gasteiger partial charge in [0.25, 0.3) is 0 Å². The highest BCUT2D eigenvalue weighted by molar-refractivity contribution is 5.94. The zero-order chi connectivity index (χ0) is 13.1. The van der Waals surface area contributed by atoms with Gasteiger partial charge in [-0.05, 0) is 43.2 Å². The first-order chi connectivity index (χ1) is 7.80. The minimum Gasteiger partial charge on any atom is -0.362 e. The SMILES string of the molecule is Cc1ccc(N/C=C/C(=O)C(C)(C)C)cc1C. The summed E-state index contributed by atoms with van der Waals surface area (Å²) in [7, 11) is 0. The summed E-state index contributed by atoms with van der Waals surface area (Å²) in [5.74, 6) is 0.119. The second kappa shape index (κ2) is 5.17. The standard InChI is InChI=1S/C15H21NO/c1-11-6-7-13(10-12(11)2)16-9-8-14(17)15(3,4)5/h6-10,16H,1-5H3/b9-8+. The van der Waals surface area contributed by atoms with Gasteiger partial charge < -0.3 is 5.32 Å². The molecule has 0 saturated carbocycles. The number of nitrogens with one attached hydrogen (secondary N) is 1. The van der Waals surface area contributed by atoms with E-state index >= 15 is 0 Å². The summed E-state index contributed by atoms with van der Waals surface area (Å²) in [5, 5.41) is 3.11. The van der Waals surface area contributed by atoms with Gasteiger partial charge >= 0.3 is 0 Å². The summed E-state index contributed by atoms with van der Waals surface area (Å²) in [4.78, 5) is 11.6. The van der Waals surface area contributed by atoms with Gasteiger partial charge in [-0.15, -0.1) is 0 Å². The molecule has 1 aromatic rings. The molecule has 0 fully saturated rings. The van der Waals surface area contributed by atoms with Crippen LogP contribution in [0.15, 0.2) is 30.5 Å². The van der Waals surface area contributed by atoms with Gasteiger partial charge in [-0.25, -0.2) is 0 Å². The Balaban J connectivity index is 2.65. The number of rotatable bonds is 3. The molecule has 0 aliphatic carbocycles. The molecular weight excluding hydrogens is 210 g/mol. The number of carbonyl (C=O) groups excluding carboxylic acids is 1. The maximum Gasteiger partial charge on any atom is 0.162 e. The third-order valence-electron chi connectivity index (χ3n) is 2.73. The van der Waals surface area contributed by atoms with Crippen LogP contribution in [0.4, 0.5) is 5.69 Å². The number of benzene rings is 1. The monoisotopic (exact) mass is 231 g/mol. The van der Waals surface area contributed by atoms with Crippen LogP contribution in [-0.4, -0.2) is 5.78 Å². The van der Waals surface area contributed by atoms with Crippen molar-refractivity contribution in [2.24, 2.45) is 5.41 Å². The maximum atomic E-state index is 11.6. The number of hydrogen-bond donors (Lipinski definition) is 1. The van der Waals surface area contributed by atoms with Crippen molar-refractivity contribution in [2.75, 3.05) is 5.32 Å². The third-order valence-corrected chi connectivity index (χ3v) is 2.73. The number of ketones is 1. The van der Waals surface area contributed by atoms with Gasteiger partial charge in [0.15, 0.2) is 5.78 Å². The van der Waals surface area contributed by atoms with Crippen LogP contribution in [0.25, 0.3) is 0 Å². The normalized spacial score (nSPS) is 11.8. The summed E-state index contributed by atoms with van der Waals surface area (Å²) in [6, 6.07) is 6.15. The van der Waals surface area contributed by atoms with Crippen LogP contribution >= 0.6 is 0 Å². The van der Waals surface area contributed by atoms with Gasteiger partial charge in [-0.3, -0.25) is 4.79 Å². The minimum absolute atomic E-state index is 0.119. The Hall–Kier alpha value is -1.57. The van der Waals surface area contributed by atoms with Crippen molar-refractivity contribution in [3.05, 3.63) is 41.6 Å². The van der Waals surface area contributed by atoms with Crippen LogP contribution in [-0.2, 0) is 4.79 Å². The first-order valence-electron chi connectivity index (χ1n) is 5.85. The fraction of sp³-hybridized carbons (Fsp3) is 0.400. The largest absolute Gasteiger partial charge is 0.362 e. The quantitative estimate of drug-likeness (QED) is 0.801. The smallest absolute Gasteiger partial charge is 0.162 e. The first kappa shape index (κ1) is 13.5. The molecule has 0 atom stereocenters. The Morgan fingerprint density at radius 1 is 1.18 bits per heavy atom. The summed E-state index contributed by atoms with van der Waals surface area (Å²) in [6.45, 7) is 9.89. The van der Waals surface area contributed by atoms with Crippen LogP contribution in [0.2, 0.25) is 0 Å². The topological polar surface area (TPSA) is 29.1 Å². The van der Waals surface area contributed by atoms with Crippen LogP contribution in [0.5, 0.6) is 0 Å². The van der Waals surface area contributed by atoms with E-state index in [9.17, 15) is 4.79 Å². The second-order valence-corrected chi connectivity index (χ2v) is 5.39. The van der Waals surface area contributed by atoms with Crippen molar-refractivity contribution in [1.82, 2.24) is 0 Å². The van der Waals surface area contributed by atoms with E-state index in [1.54, 1.807) is 12.3 Å². The lowest BCUT2D eigenvalue weighted by molar-refractivity contribution is -0.121. The van der Waals surface area contributed by atoms with E-state index < -0.39 is 0 Å². The summed E-state index contributed by atoms with van der Waals surface area (Å²) in [6.07, 6.45) is 3.30. The maximum absolute atomic E-state index is 11.6. The van der Waals surface area contributed by atoms with E-state index in [-0.39, 0.29) is 11.2 Å². The second-order valence-electron chi connectivity index (χ2n) is 5.39. The van der Waals surface area contributed by atoms with E-state index in [1.165, 1.54) is 11.1 Å². The lowest BCUT2D eigenvalue weighted by Gasteiger charge is -2.13. The molecule has 0 spiro atoms. The highest BCUT2D eigenvalue weighted by Gasteiger charge is 2.17. The van der Waals surface area contributed by atoms with Crippen molar-refractivity contribution >= 4 is 11.5 Å². The predicted molar refractivity (Wildman–Crippen MR) is 73.1 cm³/mol. The van der Waals surface area contributed by atoms with Crippen LogP contribution in [0.1, 0.15) is 31.9 Å². The highest BCUT2D eigenvalue weighted by atomic mass is 16.1. The van der Waals surface area contributed by atoms with Gasteiger partial charge in [-0.2, -0.15) is 0 Å². The van der Waals surface area contributed by atoms with Crippen LogP contribution < -0.4 is 5.32 Å². The van der Waals surface area contributed by atoms with Crippen molar-refractivity contribution in [1.29, 1.82) is 0 Å². The molecular formula is C15H21NO.